The second-order valence-corrected chi connectivity index (χ2v) is 7.19. The first-order valence-corrected chi connectivity index (χ1v) is 9.75. The van der Waals surface area contributed by atoms with Crippen LogP contribution in [0.25, 0.3) is 0 Å². The van der Waals surface area contributed by atoms with Crippen LogP contribution in [-0.2, 0) is 6.54 Å². The lowest BCUT2D eigenvalue weighted by Crippen LogP contribution is -2.46. The predicted octanol–water partition coefficient (Wildman–Crippen LogP) is 2.91. The fourth-order valence-electron chi connectivity index (χ4n) is 3.76. The Morgan fingerprint density at radius 1 is 1.04 bits per heavy atom. The lowest BCUT2D eigenvalue weighted by molar-refractivity contribution is 0.0700. The van der Waals surface area contributed by atoms with E-state index < -0.39 is 0 Å². The first-order chi connectivity index (χ1) is 13.8. The Labute approximate surface area is 165 Å². The number of hydrogen-bond donors (Lipinski definition) is 1. The summed E-state index contributed by atoms with van der Waals surface area (Å²) in [6.45, 7) is 2.37. The molecule has 1 aliphatic rings. The molecule has 6 nitrogen and oxygen atoms in total. The normalized spacial score (nSPS) is 16.1. The Balaban J connectivity index is 1.38. The van der Waals surface area contributed by atoms with Crippen molar-refractivity contribution in [1.82, 2.24) is 24.8 Å². The molecular formula is C22H25N5O. The van der Waals surface area contributed by atoms with Crippen LogP contribution in [0.1, 0.15) is 34.8 Å². The van der Waals surface area contributed by atoms with Gasteiger partial charge in [0.25, 0.3) is 5.91 Å². The van der Waals surface area contributed by atoms with Gasteiger partial charge in [-0.15, -0.1) is 0 Å². The molecule has 3 aromatic rings. The highest BCUT2D eigenvalue weighted by atomic mass is 16.2. The Morgan fingerprint density at radius 3 is 2.46 bits per heavy atom. The van der Waals surface area contributed by atoms with Crippen molar-refractivity contribution in [2.75, 3.05) is 13.1 Å². The molecule has 3 heterocycles. The van der Waals surface area contributed by atoms with Gasteiger partial charge in [0.2, 0.25) is 0 Å². The highest BCUT2D eigenvalue weighted by molar-refractivity contribution is 5.94. The number of nitrogens with zero attached hydrogens (tertiary/aromatic N) is 4. The molecule has 0 saturated carbocycles. The minimum absolute atomic E-state index is 0.0962. The van der Waals surface area contributed by atoms with Crippen LogP contribution in [0.15, 0.2) is 73.6 Å². The van der Waals surface area contributed by atoms with E-state index in [9.17, 15) is 4.79 Å². The zero-order valence-corrected chi connectivity index (χ0v) is 15.8. The minimum atomic E-state index is 0.0962. The van der Waals surface area contributed by atoms with Gasteiger partial charge in [0, 0.05) is 56.0 Å². The summed E-state index contributed by atoms with van der Waals surface area (Å²) in [5.41, 5.74) is 1.98. The number of likely N-dealkylation sites (tertiary alicyclic amines) is 1. The van der Waals surface area contributed by atoms with Gasteiger partial charge in [-0.1, -0.05) is 30.3 Å². The molecule has 144 valence electrons. The molecule has 1 unspecified atom stereocenters. The third kappa shape index (κ3) is 4.46. The number of aromatic nitrogens is 3. The van der Waals surface area contributed by atoms with Gasteiger partial charge in [0.15, 0.2) is 0 Å². The van der Waals surface area contributed by atoms with Gasteiger partial charge >= 0.3 is 0 Å². The molecule has 1 saturated heterocycles. The summed E-state index contributed by atoms with van der Waals surface area (Å²) in [5, 5.41) is 3.81. The van der Waals surface area contributed by atoms with Crippen LogP contribution in [0, 0.1) is 0 Å². The predicted molar refractivity (Wildman–Crippen MR) is 108 cm³/mol. The van der Waals surface area contributed by atoms with Crippen LogP contribution < -0.4 is 5.32 Å². The van der Waals surface area contributed by atoms with Gasteiger partial charge in [0.05, 0.1) is 12.4 Å². The maximum absolute atomic E-state index is 12.6. The van der Waals surface area contributed by atoms with Crippen LogP contribution in [0.2, 0.25) is 0 Å². The van der Waals surface area contributed by atoms with E-state index in [2.05, 4.69) is 44.1 Å². The summed E-state index contributed by atoms with van der Waals surface area (Å²) < 4.78 is 2.10. The Bertz CT molecular complexity index is 858. The van der Waals surface area contributed by atoms with Crippen molar-refractivity contribution in [3.05, 3.63) is 84.7 Å². The average molecular weight is 375 g/mol. The molecule has 4 rings (SSSR count). The van der Waals surface area contributed by atoms with Crippen molar-refractivity contribution in [3.8, 4) is 0 Å². The van der Waals surface area contributed by atoms with E-state index in [1.807, 2.05) is 29.7 Å². The Hall–Kier alpha value is -2.99. The summed E-state index contributed by atoms with van der Waals surface area (Å²) in [4.78, 5) is 22.7. The van der Waals surface area contributed by atoms with Crippen molar-refractivity contribution < 1.29 is 4.79 Å². The van der Waals surface area contributed by atoms with Crippen LogP contribution in [0.4, 0.5) is 0 Å². The van der Waals surface area contributed by atoms with Crippen molar-refractivity contribution in [3.63, 3.8) is 0 Å². The molecule has 28 heavy (non-hydrogen) atoms. The molecule has 0 spiro atoms. The molecule has 0 bridgehead atoms. The molecule has 1 aliphatic heterocycles. The number of benzene rings is 1. The van der Waals surface area contributed by atoms with Crippen molar-refractivity contribution >= 4 is 5.91 Å². The van der Waals surface area contributed by atoms with E-state index in [0.29, 0.717) is 11.6 Å². The van der Waals surface area contributed by atoms with E-state index in [-0.39, 0.29) is 11.9 Å². The summed E-state index contributed by atoms with van der Waals surface area (Å²) >= 11 is 0. The van der Waals surface area contributed by atoms with Gasteiger partial charge in [-0.3, -0.25) is 9.78 Å². The summed E-state index contributed by atoms with van der Waals surface area (Å²) in [6, 6.07) is 14.7. The molecule has 0 aliphatic carbocycles. The number of piperidine rings is 1. The van der Waals surface area contributed by atoms with Gasteiger partial charge < -0.3 is 14.8 Å². The standard InChI is InChI=1S/C22H25N5O/c28-22(19-6-10-23-11-7-19)27-13-8-20(9-14-27)25-21(16-26-15-12-24-17-26)18-4-2-1-3-5-18/h1-7,10-12,15,17,20-21,25H,8-9,13-14,16H2. The molecule has 1 N–H and O–H groups in total. The fourth-order valence-corrected chi connectivity index (χ4v) is 3.76. The van der Waals surface area contributed by atoms with Crippen LogP contribution in [0.5, 0.6) is 0 Å². The lowest BCUT2D eigenvalue weighted by atomic mass is 10.00. The molecule has 1 atom stereocenters. The maximum atomic E-state index is 12.6. The van der Waals surface area contributed by atoms with Gasteiger partial charge in [-0.05, 0) is 30.5 Å². The molecule has 2 aromatic heterocycles. The molecule has 1 fully saturated rings. The number of rotatable bonds is 6. The average Bonchev–Trinajstić information content (AvgIpc) is 3.28. The number of nitrogens with one attached hydrogen (secondary N) is 1. The molecule has 1 amide bonds. The lowest BCUT2D eigenvalue weighted by Gasteiger charge is -2.35. The van der Waals surface area contributed by atoms with E-state index in [0.717, 1.165) is 32.5 Å². The van der Waals surface area contributed by atoms with E-state index in [1.54, 1.807) is 24.5 Å². The molecule has 0 radical (unpaired) electrons. The van der Waals surface area contributed by atoms with Crippen molar-refractivity contribution in [2.45, 2.75) is 31.5 Å². The van der Waals surface area contributed by atoms with E-state index in [4.69, 9.17) is 0 Å². The van der Waals surface area contributed by atoms with Crippen LogP contribution in [-0.4, -0.2) is 44.5 Å². The van der Waals surface area contributed by atoms with Gasteiger partial charge in [0.1, 0.15) is 0 Å². The third-order valence-corrected chi connectivity index (χ3v) is 5.30. The highest BCUT2D eigenvalue weighted by Gasteiger charge is 2.25. The maximum Gasteiger partial charge on any atom is 0.253 e. The highest BCUT2D eigenvalue weighted by Crippen LogP contribution is 2.20. The van der Waals surface area contributed by atoms with Crippen LogP contribution in [0.3, 0.4) is 0 Å². The number of imidazole rings is 1. The summed E-state index contributed by atoms with van der Waals surface area (Å²) in [7, 11) is 0. The number of amides is 1. The first-order valence-electron chi connectivity index (χ1n) is 9.75. The smallest absolute Gasteiger partial charge is 0.253 e. The zero-order valence-electron chi connectivity index (χ0n) is 15.8. The van der Waals surface area contributed by atoms with E-state index >= 15 is 0 Å². The fraction of sp³-hybridized carbons (Fsp3) is 0.318. The number of carbonyl (C=O) groups is 1. The van der Waals surface area contributed by atoms with Crippen LogP contribution >= 0.6 is 0 Å². The van der Waals surface area contributed by atoms with Crippen molar-refractivity contribution in [1.29, 1.82) is 0 Å². The van der Waals surface area contributed by atoms with E-state index in [1.165, 1.54) is 5.56 Å². The number of hydrogen-bond acceptors (Lipinski definition) is 4. The first kappa shape index (κ1) is 18.4. The largest absolute Gasteiger partial charge is 0.339 e. The topological polar surface area (TPSA) is 63.1 Å². The monoisotopic (exact) mass is 375 g/mol. The number of carbonyl (C=O) groups excluding carboxylic acids is 1. The van der Waals surface area contributed by atoms with Crippen molar-refractivity contribution in [2.24, 2.45) is 0 Å². The quantitative estimate of drug-likeness (QED) is 0.720. The zero-order chi connectivity index (χ0) is 19.2. The SMILES string of the molecule is O=C(c1ccncc1)N1CCC(NC(Cn2ccnc2)c2ccccc2)CC1. The molecular weight excluding hydrogens is 350 g/mol. The molecule has 6 heteroatoms. The second-order valence-electron chi connectivity index (χ2n) is 7.19. The molecule has 1 aromatic carbocycles. The Kier molecular flexibility index (Phi) is 5.77. The number of pyridine rings is 1. The van der Waals surface area contributed by atoms with Gasteiger partial charge in [-0.2, -0.15) is 0 Å². The summed E-state index contributed by atoms with van der Waals surface area (Å²) in [6.07, 6.45) is 10.9. The second kappa shape index (κ2) is 8.80. The van der Waals surface area contributed by atoms with Gasteiger partial charge in [-0.25, -0.2) is 4.98 Å². The third-order valence-electron chi connectivity index (χ3n) is 5.30. The summed E-state index contributed by atoms with van der Waals surface area (Å²) in [5.74, 6) is 0.0962. The minimum Gasteiger partial charge on any atom is -0.339 e. The Morgan fingerprint density at radius 2 is 1.79 bits per heavy atom.